The van der Waals surface area contributed by atoms with Crippen LogP contribution in [0, 0.1) is 6.92 Å². The molecule has 4 nitrogen and oxygen atoms in total. The summed E-state index contributed by atoms with van der Waals surface area (Å²) < 4.78 is 3.51. The Kier molecular flexibility index (Phi) is 4.63. The van der Waals surface area contributed by atoms with E-state index in [1.807, 2.05) is 0 Å². The summed E-state index contributed by atoms with van der Waals surface area (Å²) in [5.74, 6) is 0. The van der Waals surface area contributed by atoms with E-state index >= 15 is 0 Å². The zero-order valence-corrected chi connectivity index (χ0v) is 16.9. The van der Waals surface area contributed by atoms with Gasteiger partial charge >= 0.3 is 0 Å². The number of thiazole rings is 1. The van der Waals surface area contributed by atoms with E-state index in [1.54, 1.807) is 11.3 Å². The van der Waals surface area contributed by atoms with Gasteiger partial charge in [-0.2, -0.15) is 0 Å². The molecule has 0 bridgehead atoms. The number of hydrogen-bond donors (Lipinski definition) is 0. The largest absolute Gasteiger partial charge is 0.369 e. The molecule has 0 radical (unpaired) electrons. The van der Waals surface area contributed by atoms with E-state index in [4.69, 9.17) is 4.98 Å². The van der Waals surface area contributed by atoms with E-state index in [9.17, 15) is 0 Å². The molecule has 3 heterocycles. The van der Waals surface area contributed by atoms with Gasteiger partial charge in [0.1, 0.15) is 0 Å². The molecule has 28 heavy (non-hydrogen) atoms. The summed E-state index contributed by atoms with van der Waals surface area (Å²) >= 11 is 1.77. The lowest BCUT2D eigenvalue weighted by Gasteiger charge is -2.36. The minimum atomic E-state index is 0.963. The van der Waals surface area contributed by atoms with E-state index in [0.29, 0.717) is 0 Å². The van der Waals surface area contributed by atoms with Crippen molar-refractivity contribution in [2.75, 3.05) is 31.1 Å². The molecule has 1 aliphatic rings. The molecule has 0 amide bonds. The fourth-order valence-electron chi connectivity index (χ4n) is 3.89. The number of rotatable bonds is 4. The van der Waals surface area contributed by atoms with Crippen molar-refractivity contribution in [2.45, 2.75) is 13.5 Å². The Balaban J connectivity index is 1.30. The lowest BCUT2D eigenvalue weighted by atomic mass is 10.2. The second kappa shape index (κ2) is 7.41. The number of piperazine rings is 1. The van der Waals surface area contributed by atoms with Crippen LogP contribution >= 0.6 is 11.3 Å². The topological polar surface area (TPSA) is 24.3 Å². The van der Waals surface area contributed by atoms with Gasteiger partial charge in [-0.3, -0.25) is 9.47 Å². The van der Waals surface area contributed by atoms with Gasteiger partial charge < -0.3 is 4.90 Å². The monoisotopic (exact) mass is 388 g/mol. The van der Waals surface area contributed by atoms with E-state index < -0.39 is 0 Å². The number of para-hydroxylation sites is 1. The zero-order chi connectivity index (χ0) is 18.9. The minimum Gasteiger partial charge on any atom is -0.369 e. The third-order valence-electron chi connectivity index (χ3n) is 5.45. The van der Waals surface area contributed by atoms with Gasteiger partial charge in [-0.15, -0.1) is 0 Å². The standard InChI is InChI=1S/C23H24N4S/c1-18-9-10-21-22(16-18)28-23(24-21)27-11-5-8-20(27)17-25-12-14-26(15-13-25)19-6-3-2-4-7-19/h2-11,16H,12-15,17H2,1H3. The molecular formula is C23H24N4S. The van der Waals surface area contributed by atoms with Crippen LogP contribution in [0.1, 0.15) is 11.3 Å². The molecule has 1 aliphatic heterocycles. The molecule has 2 aromatic heterocycles. The summed E-state index contributed by atoms with van der Waals surface area (Å²) in [6.45, 7) is 7.41. The van der Waals surface area contributed by atoms with Crippen LogP contribution in [0.2, 0.25) is 0 Å². The second-order valence-corrected chi connectivity index (χ2v) is 8.44. The molecule has 0 atom stereocenters. The maximum Gasteiger partial charge on any atom is 0.194 e. The van der Waals surface area contributed by atoms with Gasteiger partial charge in [0.15, 0.2) is 5.13 Å². The Morgan fingerprint density at radius 3 is 2.57 bits per heavy atom. The van der Waals surface area contributed by atoms with Crippen molar-refractivity contribution in [2.24, 2.45) is 0 Å². The van der Waals surface area contributed by atoms with E-state index in [1.165, 1.54) is 21.6 Å². The van der Waals surface area contributed by atoms with Gasteiger partial charge in [0.05, 0.1) is 10.2 Å². The quantitative estimate of drug-likeness (QED) is 0.506. The van der Waals surface area contributed by atoms with Crippen molar-refractivity contribution in [1.29, 1.82) is 0 Å². The number of aromatic nitrogens is 2. The Labute approximate surface area is 169 Å². The van der Waals surface area contributed by atoms with Crippen molar-refractivity contribution in [3.63, 3.8) is 0 Å². The van der Waals surface area contributed by atoms with Gasteiger partial charge in [0.25, 0.3) is 0 Å². The Morgan fingerprint density at radius 1 is 0.929 bits per heavy atom. The molecule has 5 heteroatoms. The fraction of sp³-hybridized carbons (Fsp3) is 0.261. The first kappa shape index (κ1) is 17.5. The molecule has 1 fully saturated rings. The molecule has 0 saturated carbocycles. The first-order valence-corrected chi connectivity index (χ1v) is 10.6. The first-order chi connectivity index (χ1) is 13.8. The molecule has 4 aromatic rings. The highest BCUT2D eigenvalue weighted by molar-refractivity contribution is 7.20. The van der Waals surface area contributed by atoms with Crippen LogP contribution in [0.25, 0.3) is 15.3 Å². The Morgan fingerprint density at radius 2 is 1.75 bits per heavy atom. The highest BCUT2D eigenvalue weighted by atomic mass is 32.1. The summed E-state index contributed by atoms with van der Waals surface area (Å²) in [6, 6.07) is 21.6. The lowest BCUT2D eigenvalue weighted by Crippen LogP contribution is -2.46. The van der Waals surface area contributed by atoms with Crippen LogP contribution in [-0.2, 0) is 6.54 Å². The summed E-state index contributed by atoms with van der Waals surface area (Å²) in [5, 5.41) is 1.06. The highest BCUT2D eigenvalue weighted by Crippen LogP contribution is 2.27. The number of benzene rings is 2. The number of hydrogen-bond acceptors (Lipinski definition) is 4. The average molecular weight is 389 g/mol. The Bertz CT molecular complexity index is 1070. The van der Waals surface area contributed by atoms with Crippen LogP contribution < -0.4 is 4.90 Å². The molecule has 0 spiro atoms. The normalized spacial score (nSPS) is 15.4. The average Bonchev–Trinajstić information content (AvgIpc) is 3.35. The molecule has 5 rings (SSSR count). The molecular weight excluding hydrogens is 364 g/mol. The van der Waals surface area contributed by atoms with E-state index in [0.717, 1.165) is 43.4 Å². The third-order valence-corrected chi connectivity index (χ3v) is 6.47. The predicted molar refractivity (Wildman–Crippen MR) is 118 cm³/mol. The van der Waals surface area contributed by atoms with Gasteiger partial charge in [0, 0.05) is 50.3 Å². The van der Waals surface area contributed by atoms with E-state index in [-0.39, 0.29) is 0 Å². The van der Waals surface area contributed by atoms with Crippen LogP contribution in [0.3, 0.4) is 0 Å². The van der Waals surface area contributed by atoms with Crippen molar-refractivity contribution >= 4 is 27.2 Å². The summed E-state index contributed by atoms with van der Waals surface area (Å²) in [5.41, 5.74) is 5.01. The molecule has 0 N–H and O–H groups in total. The smallest absolute Gasteiger partial charge is 0.194 e. The minimum absolute atomic E-state index is 0.963. The summed E-state index contributed by atoms with van der Waals surface area (Å²) in [4.78, 5) is 9.88. The SMILES string of the molecule is Cc1ccc2nc(-n3cccc3CN3CCN(c4ccccc4)CC3)sc2c1. The van der Waals surface area contributed by atoms with Gasteiger partial charge in [-0.1, -0.05) is 35.6 Å². The maximum absolute atomic E-state index is 4.86. The number of aryl methyl sites for hydroxylation is 1. The van der Waals surface area contributed by atoms with Crippen molar-refractivity contribution in [3.8, 4) is 5.13 Å². The molecule has 2 aromatic carbocycles. The van der Waals surface area contributed by atoms with Crippen LogP contribution in [-0.4, -0.2) is 40.6 Å². The number of fused-ring (bicyclic) bond motifs is 1. The number of nitrogens with zero attached hydrogens (tertiary/aromatic N) is 4. The maximum atomic E-state index is 4.86. The Hall–Kier alpha value is -2.63. The van der Waals surface area contributed by atoms with Gasteiger partial charge in [0.2, 0.25) is 0 Å². The van der Waals surface area contributed by atoms with Crippen LogP contribution in [0.5, 0.6) is 0 Å². The lowest BCUT2D eigenvalue weighted by molar-refractivity contribution is 0.246. The molecule has 142 valence electrons. The van der Waals surface area contributed by atoms with Crippen LogP contribution in [0.15, 0.2) is 66.9 Å². The third kappa shape index (κ3) is 3.43. The van der Waals surface area contributed by atoms with Crippen LogP contribution in [0.4, 0.5) is 5.69 Å². The fourth-order valence-corrected chi connectivity index (χ4v) is 4.97. The van der Waals surface area contributed by atoms with Crippen molar-refractivity contribution in [3.05, 3.63) is 78.1 Å². The molecule has 0 aliphatic carbocycles. The summed E-state index contributed by atoms with van der Waals surface area (Å²) in [6.07, 6.45) is 2.14. The second-order valence-electron chi connectivity index (χ2n) is 7.44. The highest BCUT2D eigenvalue weighted by Gasteiger charge is 2.19. The number of anilines is 1. The van der Waals surface area contributed by atoms with Crippen molar-refractivity contribution in [1.82, 2.24) is 14.5 Å². The molecule has 0 unspecified atom stereocenters. The summed E-state index contributed by atoms with van der Waals surface area (Å²) in [7, 11) is 0. The van der Waals surface area contributed by atoms with Gasteiger partial charge in [-0.25, -0.2) is 4.98 Å². The zero-order valence-electron chi connectivity index (χ0n) is 16.1. The van der Waals surface area contributed by atoms with Crippen molar-refractivity contribution < 1.29 is 0 Å². The molecule has 1 saturated heterocycles. The predicted octanol–water partition coefficient (Wildman–Crippen LogP) is 4.72. The first-order valence-electron chi connectivity index (χ1n) is 9.82. The van der Waals surface area contributed by atoms with Gasteiger partial charge in [-0.05, 0) is 48.9 Å². The van der Waals surface area contributed by atoms with E-state index in [2.05, 4.69) is 88.2 Å².